The highest BCUT2D eigenvalue weighted by atomic mass is 35.5. The molecule has 1 N–H and O–H groups in total. The van der Waals surface area contributed by atoms with Crippen molar-refractivity contribution in [3.05, 3.63) is 88.3 Å². The minimum Gasteiger partial charge on any atom is -0.338 e. The molecule has 164 valence electrons. The maximum atomic E-state index is 13.0. The first-order valence-corrected chi connectivity index (χ1v) is 10.8. The Kier molecular flexibility index (Phi) is 6.08. The molecule has 0 unspecified atom stereocenters. The number of nitrogens with one attached hydrogen (secondary N) is 1. The number of hydrogen-bond acceptors (Lipinski definition) is 6. The number of aryl methyl sites for hydroxylation is 1. The lowest BCUT2D eigenvalue weighted by Gasteiger charge is -2.16. The number of carbonyl (C=O) groups excluding carboxylic acids is 1. The molecule has 0 aliphatic rings. The van der Waals surface area contributed by atoms with Gasteiger partial charge in [-0.15, -0.1) is 0 Å². The van der Waals surface area contributed by atoms with Crippen LogP contribution in [-0.2, 0) is 11.8 Å². The number of halogens is 1. The van der Waals surface area contributed by atoms with E-state index in [1.165, 1.54) is 6.33 Å². The molecule has 2 aromatic heterocycles. The largest absolute Gasteiger partial charge is 0.338 e. The van der Waals surface area contributed by atoms with Gasteiger partial charge in [-0.25, -0.2) is 15.0 Å². The number of hydrogen-bond donors (Lipinski definition) is 1. The third kappa shape index (κ3) is 4.84. The van der Waals surface area contributed by atoms with E-state index in [0.29, 0.717) is 27.6 Å². The van der Waals surface area contributed by atoms with Crippen LogP contribution in [0.4, 0.5) is 11.5 Å². The summed E-state index contributed by atoms with van der Waals surface area (Å²) >= 11 is 6.06. The Morgan fingerprint density at radius 3 is 2.73 bits per heavy atom. The summed E-state index contributed by atoms with van der Waals surface area (Å²) in [7, 11) is 0. The summed E-state index contributed by atoms with van der Waals surface area (Å²) in [6.07, 6.45) is 1.71. The molecular formula is C26H22ClN5O. The Morgan fingerprint density at radius 1 is 1.12 bits per heavy atom. The molecule has 0 aliphatic heterocycles. The molecule has 0 radical (unpaired) electrons. The van der Waals surface area contributed by atoms with E-state index in [0.717, 1.165) is 22.4 Å². The number of ketones is 1. The third-order valence-corrected chi connectivity index (χ3v) is 5.76. The first-order valence-electron chi connectivity index (χ1n) is 10.5. The van der Waals surface area contributed by atoms with E-state index in [4.69, 9.17) is 11.6 Å². The Labute approximate surface area is 197 Å². The summed E-state index contributed by atoms with van der Waals surface area (Å²) in [6.45, 7) is 5.66. The maximum Gasteiger partial charge on any atom is 0.167 e. The molecule has 2 aromatic carbocycles. The van der Waals surface area contributed by atoms with E-state index in [9.17, 15) is 10.1 Å². The van der Waals surface area contributed by atoms with Gasteiger partial charge in [0.05, 0.1) is 17.0 Å². The standard InChI is InChI=1S/C26H22ClN5O/c1-16-7-8-17(12-22(33)18-5-4-6-19(13-18)26(2,3)14-28)11-21(16)31-25-24-20(29-15-30-25)9-10-23(27)32-24/h4-11,13,15H,12H2,1-3H3,(H,29,30,31). The van der Waals surface area contributed by atoms with E-state index in [1.807, 2.05) is 51.1 Å². The molecule has 0 atom stereocenters. The van der Waals surface area contributed by atoms with Crippen molar-refractivity contribution in [2.75, 3.05) is 5.32 Å². The fraction of sp³-hybridized carbons (Fsp3) is 0.192. The van der Waals surface area contributed by atoms with Crippen molar-refractivity contribution in [2.24, 2.45) is 0 Å². The Bertz CT molecular complexity index is 1410. The minimum atomic E-state index is -0.658. The van der Waals surface area contributed by atoms with Crippen molar-refractivity contribution < 1.29 is 4.79 Å². The summed E-state index contributed by atoms with van der Waals surface area (Å²) in [5.74, 6) is 0.529. The van der Waals surface area contributed by atoms with Gasteiger partial charge in [0, 0.05) is 17.7 Å². The number of aromatic nitrogens is 3. The number of rotatable bonds is 6. The number of benzene rings is 2. The molecule has 4 aromatic rings. The zero-order valence-electron chi connectivity index (χ0n) is 18.6. The van der Waals surface area contributed by atoms with E-state index in [1.54, 1.807) is 24.3 Å². The zero-order chi connectivity index (χ0) is 23.6. The van der Waals surface area contributed by atoms with Crippen molar-refractivity contribution in [2.45, 2.75) is 32.6 Å². The van der Waals surface area contributed by atoms with E-state index in [2.05, 4.69) is 26.3 Å². The average molecular weight is 456 g/mol. The maximum absolute atomic E-state index is 13.0. The zero-order valence-corrected chi connectivity index (χ0v) is 19.3. The first-order chi connectivity index (χ1) is 15.8. The quantitative estimate of drug-likeness (QED) is 0.285. The van der Waals surface area contributed by atoms with E-state index < -0.39 is 5.41 Å². The van der Waals surface area contributed by atoms with Crippen LogP contribution in [-0.4, -0.2) is 20.7 Å². The lowest BCUT2D eigenvalue weighted by Crippen LogP contribution is -2.15. The number of nitrogens with zero attached hydrogens (tertiary/aromatic N) is 4. The van der Waals surface area contributed by atoms with Crippen molar-refractivity contribution in [3.8, 4) is 6.07 Å². The van der Waals surface area contributed by atoms with Crippen LogP contribution in [0.5, 0.6) is 0 Å². The van der Waals surface area contributed by atoms with Gasteiger partial charge >= 0.3 is 0 Å². The summed E-state index contributed by atoms with van der Waals surface area (Å²) < 4.78 is 0. The van der Waals surface area contributed by atoms with E-state index >= 15 is 0 Å². The van der Waals surface area contributed by atoms with Crippen LogP contribution in [0.15, 0.2) is 60.9 Å². The molecule has 0 fully saturated rings. The van der Waals surface area contributed by atoms with E-state index in [-0.39, 0.29) is 12.2 Å². The molecule has 0 spiro atoms. The molecule has 0 amide bonds. The number of carbonyl (C=O) groups is 1. The van der Waals surface area contributed by atoms with Gasteiger partial charge in [0.25, 0.3) is 0 Å². The second kappa shape index (κ2) is 8.97. The van der Waals surface area contributed by atoms with Gasteiger partial charge in [0.15, 0.2) is 11.6 Å². The van der Waals surface area contributed by atoms with Crippen LogP contribution in [0.1, 0.15) is 40.9 Å². The van der Waals surface area contributed by atoms with Crippen molar-refractivity contribution in [1.82, 2.24) is 15.0 Å². The topological polar surface area (TPSA) is 91.6 Å². The molecule has 7 heteroatoms. The number of Topliss-reactive ketones (excluding diaryl/α,β-unsaturated/α-hetero) is 1. The predicted molar refractivity (Wildman–Crippen MR) is 130 cm³/mol. The number of anilines is 2. The van der Waals surface area contributed by atoms with Crippen molar-refractivity contribution in [3.63, 3.8) is 0 Å². The number of nitriles is 1. The molecule has 0 bridgehead atoms. The molecular weight excluding hydrogens is 434 g/mol. The highest BCUT2D eigenvalue weighted by Gasteiger charge is 2.21. The SMILES string of the molecule is Cc1ccc(CC(=O)c2cccc(C(C)(C)C#N)c2)cc1Nc1ncnc2ccc(Cl)nc12. The van der Waals surface area contributed by atoms with Gasteiger partial charge in [-0.05, 0) is 61.7 Å². The first kappa shape index (κ1) is 22.4. The van der Waals surface area contributed by atoms with Gasteiger partial charge in [0.2, 0.25) is 0 Å². The second-order valence-corrected chi connectivity index (χ2v) is 8.80. The fourth-order valence-electron chi connectivity index (χ4n) is 3.48. The second-order valence-electron chi connectivity index (χ2n) is 8.42. The number of fused-ring (bicyclic) bond motifs is 1. The van der Waals surface area contributed by atoms with Crippen LogP contribution < -0.4 is 5.32 Å². The average Bonchev–Trinajstić information content (AvgIpc) is 2.81. The lowest BCUT2D eigenvalue weighted by atomic mass is 9.85. The van der Waals surface area contributed by atoms with Gasteiger partial charge < -0.3 is 5.32 Å². The van der Waals surface area contributed by atoms with Crippen molar-refractivity contribution in [1.29, 1.82) is 5.26 Å². The van der Waals surface area contributed by atoms with Crippen LogP contribution in [0.25, 0.3) is 11.0 Å². The third-order valence-electron chi connectivity index (χ3n) is 5.55. The number of pyridine rings is 1. The summed E-state index contributed by atoms with van der Waals surface area (Å²) in [6, 6.07) is 18.9. The highest BCUT2D eigenvalue weighted by Crippen LogP contribution is 2.27. The van der Waals surface area contributed by atoms with Gasteiger partial charge in [-0.3, -0.25) is 4.79 Å². The van der Waals surface area contributed by atoms with Crippen LogP contribution in [0.2, 0.25) is 5.15 Å². The van der Waals surface area contributed by atoms with Gasteiger partial charge in [0.1, 0.15) is 17.0 Å². The fourth-order valence-corrected chi connectivity index (χ4v) is 3.63. The molecule has 0 saturated carbocycles. The summed E-state index contributed by atoms with van der Waals surface area (Å²) in [5.41, 5.74) is 4.69. The molecule has 4 rings (SSSR count). The Hall–Kier alpha value is -3.82. The molecule has 6 nitrogen and oxygen atoms in total. The highest BCUT2D eigenvalue weighted by molar-refractivity contribution is 6.29. The van der Waals surface area contributed by atoms with Gasteiger partial charge in [-0.2, -0.15) is 5.26 Å². The van der Waals surface area contributed by atoms with Crippen molar-refractivity contribution >= 4 is 39.9 Å². The summed E-state index contributed by atoms with van der Waals surface area (Å²) in [4.78, 5) is 25.9. The monoisotopic (exact) mass is 455 g/mol. The summed E-state index contributed by atoms with van der Waals surface area (Å²) in [5, 5.41) is 13.1. The molecule has 33 heavy (non-hydrogen) atoms. The predicted octanol–water partition coefficient (Wildman–Crippen LogP) is 5.96. The molecule has 2 heterocycles. The Morgan fingerprint density at radius 2 is 1.94 bits per heavy atom. The van der Waals surface area contributed by atoms with Crippen LogP contribution in [0.3, 0.4) is 0 Å². The lowest BCUT2D eigenvalue weighted by molar-refractivity contribution is 0.0993. The Balaban J connectivity index is 1.60. The minimum absolute atomic E-state index is 0.0127. The smallest absolute Gasteiger partial charge is 0.167 e. The van der Waals surface area contributed by atoms with Crippen LogP contribution in [0, 0.1) is 18.3 Å². The normalized spacial score (nSPS) is 11.2. The van der Waals surface area contributed by atoms with Gasteiger partial charge in [-0.1, -0.05) is 41.9 Å². The molecule has 0 saturated heterocycles. The van der Waals surface area contributed by atoms with Crippen LogP contribution >= 0.6 is 11.6 Å². The molecule has 0 aliphatic carbocycles.